The zero-order chi connectivity index (χ0) is 10.7. The summed E-state index contributed by atoms with van der Waals surface area (Å²) in [6.45, 7) is 2.73. The van der Waals surface area contributed by atoms with E-state index in [-0.39, 0.29) is 5.97 Å². The molecule has 78 valence electrons. The smallest absolute Gasteiger partial charge is 0.353 e. The Labute approximate surface area is 91.1 Å². The summed E-state index contributed by atoms with van der Waals surface area (Å²) in [5.74, 6) is 0.149. The van der Waals surface area contributed by atoms with Crippen molar-refractivity contribution >= 4 is 17.3 Å². The summed E-state index contributed by atoms with van der Waals surface area (Å²) < 4.78 is 6.83. The van der Waals surface area contributed by atoms with E-state index in [4.69, 9.17) is 4.74 Å². The van der Waals surface area contributed by atoms with E-state index in [2.05, 4.69) is 5.10 Å². The minimum Gasteiger partial charge on any atom is -0.419 e. The van der Waals surface area contributed by atoms with Gasteiger partial charge in [-0.15, -0.1) is 11.3 Å². The van der Waals surface area contributed by atoms with Crippen molar-refractivity contribution in [1.82, 2.24) is 9.78 Å². The highest BCUT2D eigenvalue weighted by molar-refractivity contribution is 7.12. The molecule has 0 amide bonds. The van der Waals surface area contributed by atoms with Crippen molar-refractivity contribution in [3.8, 4) is 5.75 Å². The van der Waals surface area contributed by atoms with Gasteiger partial charge in [0.1, 0.15) is 4.88 Å². The maximum Gasteiger partial charge on any atom is 0.353 e. The molecule has 0 fully saturated rings. The van der Waals surface area contributed by atoms with Crippen LogP contribution in [-0.2, 0) is 6.54 Å². The van der Waals surface area contributed by atoms with Gasteiger partial charge in [-0.05, 0) is 18.4 Å². The topological polar surface area (TPSA) is 44.1 Å². The average Bonchev–Trinajstić information content (AvgIpc) is 2.87. The number of carbonyl (C=O) groups is 1. The van der Waals surface area contributed by atoms with Crippen LogP contribution in [0.5, 0.6) is 5.75 Å². The Morgan fingerprint density at radius 2 is 2.53 bits per heavy atom. The van der Waals surface area contributed by atoms with Gasteiger partial charge in [-0.25, -0.2) is 4.79 Å². The lowest BCUT2D eigenvalue weighted by atomic mass is 10.5. The van der Waals surface area contributed by atoms with Crippen molar-refractivity contribution in [2.75, 3.05) is 0 Å². The normalized spacial score (nSPS) is 10.2. The third-order valence-corrected chi connectivity index (χ3v) is 2.72. The van der Waals surface area contributed by atoms with Crippen LogP contribution in [0, 0.1) is 0 Å². The van der Waals surface area contributed by atoms with Crippen molar-refractivity contribution < 1.29 is 9.53 Å². The molecule has 0 aliphatic heterocycles. The first-order valence-corrected chi connectivity index (χ1v) is 5.45. The van der Waals surface area contributed by atoms with E-state index < -0.39 is 0 Å². The number of thiophene rings is 1. The van der Waals surface area contributed by atoms with E-state index in [0.29, 0.717) is 10.6 Å². The lowest BCUT2D eigenvalue weighted by Gasteiger charge is -1.97. The van der Waals surface area contributed by atoms with Crippen LogP contribution in [0.1, 0.15) is 16.6 Å². The van der Waals surface area contributed by atoms with Crippen LogP contribution in [0.4, 0.5) is 0 Å². The van der Waals surface area contributed by atoms with E-state index >= 15 is 0 Å². The molecule has 2 rings (SSSR count). The lowest BCUT2D eigenvalue weighted by Crippen LogP contribution is -2.05. The minimum atomic E-state index is -0.333. The molecule has 5 heteroatoms. The van der Waals surface area contributed by atoms with Gasteiger partial charge in [-0.3, -0.25) is 4.68 Å². The first kappa shape index (κ1) is 9.92. The number of aryl methyl sites for hydroxylation is 1. The SMILES string of the molecule is CCn1cc(OC(=O)c2cccs2)cn1. The number of nitrogens with zero attached hydrogens (tertiary/aromatic N) is 2. The van der Waals surface area contributed by atoms with Gasteiger partial charge >= 0.3 is 5.97 Å². The fraction of sp³-hybridized carbons (Fsp3) is 0.200. The third kappa shape index (κ3) is 2.24. The van der Waals surface area contributed by atoms with Crippen molar-refractivity contribution in [1.29, 1.82) is 0 Å². The maximum atomic E-state index is 11.5. The van der Waals surface area contributed by atoms with E-state index in [9.17, 15) is 4.79 Å². The van der Waals surface area contributed by atoms with Gasteiger partial charge in [-0.2, -0.15) is 5.10 Å². The van der Waals surface area contributed by atoms with Crippen LogP contribution in [0.3, 0.4) is 0 Å². The first-order valence-electron chi connectivity index (χ1n) is 4.57. The molecule has 0 aliphatic rings. The van der Waals surface area contributed by atoms with Gasteiger partial charge in [-0.1, -0.05) is 6.07 Å². The standard InChI is InChI=1S/C10H10N2O2S/c1-2-12-7-8(6-11-12)14-10(13)9-4-3-5-15-9/h3-7H,2H2,1H3. The summed E-state index contributed by atoms with van der Waals surface area (Å²) in [6.07, 6.45) is 3.24. The summed E-state index contributed by atoms with van der Waals surface area (Å²) in [6, 6.07) is 3.55. The third-order valence-electron chi connectivity index (χ3n) is 1.87. The van der Waals surface area contributed by atoms with Crippen LogP contribution in [0.15, 0.2) is 29.9 Å². The molecule has 2 aromatic rings. The molecule has 0 aliphatic carbocycles. The molecule has 0 spiro atoms. The van der Waals surface area contributed by atoms with Gasteiger partial charge < -0.3 is 4.74 Å². The highest BCUT2D eigenvalue weighted by Gasteiger charge is 2.10. The number of hydrogen-bond acceptors (Lipinski definition) is 4. The highest BCUT2D eigenvalue weighted by Crippen LogP contribution is 2.14. The second-order valence-corrected chi connectivity index (χ2v) is 3.85. The first-order chi connectivity index (χ1) is 7.29. The zero-order valence-corrected chi connectivity index (χ0v) is 9.03. The monoisotopic (exact) mass is 222 g/mol. The largest absolute Gasteiger partial charge is 0.419 e. The fourth-order valence-corrected chi connectivity index (χ4v) is 1.72. The summed E-state index contributed by atoms with van der Waals surface area (Å²) in [5.41, 5.74) is 0. The minimum absolute atomic E-state index is 0.333. The van der Waals surface area contributed by atoms with Gasteiger partial charge in [0, 0.05) is 6.54 Å². The Morgan fingerprint density at radius 3 is 3.13 bits per heavy atom. The lowest BCUT2D eigenvalue weighted by molar-refractivity contribution is 0.0739. The predicted molar refractivity (Wildman–Crippen MR) is 57.2 cm³/mol. The summed E-state index contributed by atoms with van der Waals surface area (Å²) >= 11 is 1.36. The molecule has 0 bridgehead atoms. The molecule has 0 saturated heterocycles. The molecule has 2 heterocycles. The Balaban J connectivity index is 2.06. The summed E-state index contributed by atoms with van der Waals surface area (Å²) in [7, 11) is 0. The molecule has 4 nitrogen and oxygen atoms in total. The molecule has 0 unspecified atom stereocenters. The number of ether oxygens (including phenoxy) is 1. The van der Waals surface area contributed by atoms with Gasteiger partial charge in [0.15, 0.2) is 5.75 Å². The zero-order valence-electron chi connectivity index (χ0n) is 8.21. The van der Waals surface area contributed by atoms with Gasteiger partial charge in [0.05, 0.1) is 12.4 Å². The Hall–Kier alpha value is -1.62. The van der Waals surface area contributed by atoms with E-state index in [1.165, 1.54) is 17.5 Å². The molecule has 0 saturated carbocycles. The van der Waals surface area contributed by atoms with E-state index in [0.717, 1.165) is 6.54 Å². The second kappa shape index (κ2) is 4.27. The number of rotatable bonds is 3. The summed E-state index contributed by atoms with van der Waals surface area (Å²) in [4.78, 5) is 12.1. The van der Waals surface area contributed by atoms with Crippen molar-refractivity contribution in [3.05, 3.63) is 34.8 Å². The Morgan fingerprint density at radius 1 is 1.67 bits per heavy atom. The molecule has 0 N–H and O–H groups in total. The Kier molecular flexibility index (Phi) is 2.82. The highest BCUT2D eigenvalue weighted by atomic mass is 32.1. The maximum absolute atomic E-state index is 11.5. The average molecular weight is 222 g/mol. The Bertz CT molecular complexity index is 448. The van der Waals surface area contributed by atoms with Crippen LogP contribution in [0.25, 0.3) is 0 Å². The van der Waals surface area contributed by atoms with Crippen molar-refractivity contribution in [2.24, 2.45) is 0 Å². The second-order valence-electron chi connectivity index (χ2n) is 2.90. The van der Waals surface area contributed by atoms with E-state index in [1.807, 2.05) is 18.4 Å². The van der Waals surface area contributed by atoms with Crippen LogP contribution in [-0.4, -0.2) is 15.7 Å². The number of hydrogen-bond donors (Lipinski definition) is 0. The van der Waals surface area contributed by atoms with Crippen molar-refractivity contribution in [2.45, 2.75) is 13.5 Å². The van der Waals surface area contributed by atoms with Crippen LogP contribution < -0.4 is 4.74 Å². The number of carbonyl (C=O) groups excluding carboxylic acids is 1. The quantitative estimate of drug-likeness (QED) is 0.748. The molecule has 15 heavy (non-hydrogen) atoms. The molecule has 0 aromatic carbocycles. The molecule has 0 radical (unpaired) electrons. The van der Waals surface area contributed by atoms with Gasteiger partial charge in [0.25, 0.3) is 0 Å². The number of aromatic nitrogens is 2. The summed E-state index contributed by atoms with van der Waals surface area (Å²) in [5, 5.41) is 5.85. The number of esters is 1. The van der Waals surface area contributed by atoms with E-state index in [1.54, 1.807) is 16.9 Å². The fourth-order valence-electron chi connectivity index (χ4n) is 1.12. The van der Waals surface area contributed by atoms with Crippen molar-refractivity contribution in [3.63, 3.8) is 0 Å². The molecule has 0 atom stereocenters. The van der Waals surface area contributed by atoms with Crippen LogP contribution >= 0.6 is 11.3 Å². The predicted octanol–water partition coefficient (Wildman–Crippen LogP) is 2.18. The molecular formula is C10H10N2O2S. The molecular weight excluding hydrogens is 212 g/mol. The van der Waals surface area contributed by atoms with Crippen LogP contribution in [0.2, 0.25) is 0 Å². The van der Waals surface area contributed by atoms with Gasteiger partial charge in [0.2, 0.25) is 0 Å². The molecule has 2 aromatic heterocycles.